The maximum atomic E-state index is 12.4. The van der Waals surface area contributed by atoms with Gasteiger partial charge in [0.25, 0.3) is 0 Å². The Labute approximate surface area is 140 Å². The Morgan fingerprint density at radius 3 is 2.41 bits per heavy atom. The molecule has 0 radical (unpaired) electrons. The number of carbonyl (C=O) groups is 1. The van der Waals surface area contributed by atoms with Gasteiger partial charge in [-0.25, -0.2) is 0 Å². The zero-order chi connectivity index (χ0) is 15.5. The predicted octanol–water partition coefficient (Wildman–Crippen LogP) is 3.83. The summed E-state index contributed by atoms with van der Waals surface area (Å²) in [6.07, 6.45) is 3.85. The smallest absolute Gasteiger partial charge is 0.220 e. The molecule has 1 aliphatic rings. The third kappa shape index (κ3) is 4.99. The largest absolute Gasteiger partial charge is 0.349 e. The molecule has 0 saturated heterocycles. The zero-order valence-electron chi connectivity index (χ0n) is 13.8. The van der Waals surface area contributed by atoms with Crippen molar-refractivity contribution in [2.75, 3.05) is 0 Å². The van der Waals surface area contributed by atoms with Gasteiger partial charge in [-0.15, -0.1) is 12.4 Å². The van der Waals surface area contributed by atoms with Gasteiger partial charge in [-0.2, -0.15) is 0 Å². The van der Waals surface area contributed by atoms with Crippen molar-refractivity contribution in [3.05, 3.63) is 35.9 Å². The zero-order valence-corrected chi connectivity index (χ0v) is 14.7. The van der Waals surface area contributed by atoms with Crippen molar-refractivity contribution in [3.63, 3.8) is 0 Å². The number of nitrogens with one attached hydrogen (secondary N) is 1. The molecule has 0 bridgehead atoms. The molecule has 3 N–H and O–H groups in total. The number of carbonyl (C=O) groups excluding carboxylic acids is 1. The van der Waals surface area contributed by atoms with Crippen LogP contribution < -0.4 is 11.1 Å². The first-order valence-corrected chi connectivity index (χ1v) is 7.98. The second-order valence-electron chi connectivity index (χ2n) is 7.34. The number of hydrogen-bond acceptors (Lipinski definition) is 2. The maximum Gasteiger partial charge on any atom is 0.220 e. The minimum atomic E-state index is -0.0190. The fourth-order valence-electron chi connectivity index (χ4n) is 3.22. The molecule has 1 aromatic rings. The van der Waals surface area contributed by atoms with E-state index >= 15 is 0 Å². The van der Waals surface area contributed by atoms with Crippen LogP contribution in [0, 0.1) is 11.3 Å². The molecular weight excluding hydrogens is 296 g/mol. The van der Waals surface area contributed by atoms with Gasteiger partial charge in [0.15, 0.2) is 0 Å². The molecule has 0 heterocycles. The quantitative estimate of drug-likeness (QED) is 0.884. The van der Waals surface area contributed by atoms with E-state index in [-0.39, 0.29) is 35.8 Å². The number of halogens is 1. The molecule has 124 valence electrons. The van der Waals surface area contributed by atoms with Crippen molar-refractivity contribution >= 4 is 18.3 Å². The summed E-state index contributed by atoms with van der Waals surface area (Å²) in [5.41, 5.74) is 7.22. The lowest BCUT2D eigenvalue weighted by Crippen LogP contribution is -2.38. The van der Waals surface area contributed by atoms with E-state index in [1.54, 1.807) is 0 Å². The van der Waals surface area contributed by atoms with E-state index in [2.05, 4.69) is 38.2 Å². The Morgan fingerprint density at radius 2 is 1.91 bits per heavy atom. The van der Waals surface area contributed by atoms with Crippen LogP contribution in [-0.4, -0.2) is 11.9 Å². The summed E-state index contributed by atoms with van der Waals surface area (Å²) in [5.74, 6) is 0.475. The number of rotatable bonds is 4. The molecule has 1 unspecified atom stereocenters. The third-order valence-corrected chi connectivity index (χ3v) is 4.47. The minimum absolute atomic E-state index is 0. The molecule has 4 heteroatoms. The van der Waals surface area contributed by atoms with Crippen LogP contribution in [0.4, 0.5) is 0 Å². The summed E-state index contributed by atoms with van der Waals surface area (Å²) in [6.45, 7) is 6.48. The lowest BCUT2D eigenvalue weighted by Gasteiger charge is -2.32. The number of nitrogens with two attached hydrogens (primary N) is 1. The molecular formula is C18H29ClN2O. The van der Waals surface area contributed by atoms with Crippen LogP contribution in [0.15, 0.2) is 30.3 Å². The van der Waals surface area contributed by atoms with Gasteiger partial charge in [0.2, 0.25) is 5.91 Å². The summed E-state index contributed by atoms with van der Waals surface area (Å²) in [7, 11) is 0. The fraction of sp³-hybridized carbons (Fsp3) is 0.611. The lowest BCUT2D eigenvalue weighted by molar-refractivity contribution is -0.123. The Kier molecular flexibility index (Phi) is 6.89. The highest BCUT2D eigenvalue weighted by molar-refractivity contribution is 5.85. The second kappa shape index (κ2) is 7.98. The third-order valence-electron chi connectivity index (χ3n) is 4.47. The molecule has 1 aliphatic carbocycles. The Morgan fingerprint density at radius 1 is 1.27 bits per heavy atom. The van der Waals surface area contributed by atoms with Crippen LogP contribution >= 0.6 is 12.4 Å². The summed E-state index contributed by atoms with van der Waals surface area (Å²) in [6, 6.07) is 10.4. The fourth-order valence-corrected chi connectivity index (χ4v) is 3.22. The van der Waals surface area contributed by atoms with Crippen molar-refractivity contribution < 1.29 is 4.79 Å². The SMILES string of the molecule is CC(C)(C)C(NC(=O)C[C@@H]1CCC[C@H]1N)c1ccccc1.Cl. The molecule has 0 spiro atoms. The van der Waals surface area contributed by atoms with E-state index in [1.165, 1.54) is 0 Å². The maximum absolute atomic E-state index is 12.4. The topological polar surface area (TPSA) is 55.1 Å². The first kappa shape index (κ1) is 19.0. The van der Waals surface area contributed by atoms with Gasteiger partial charge in [-0.05, 0) is 29.7 Å². The van der Waals surface area contributed by atoms with Crippen molar-refractivity contribution in [2.45, 2.75) is 58.5 Å². The van der Waals surface area contributed by atoms with Crippen LogP contribution in [0.1, 0.15) is 58.1 Å². The Hall–Kier alpha value is -1.06. The normalized spacial score (nSPS) is 22.7. The molecule has 1 aromatic carbocycles. The van der Waals surface area contributed by atoms with Crippen molar-refractivity contribution in [2.24, 2.45) is 17.1 Å². The molecule has 2 rings (SSSR count). The molecule has 1 amide bonds. The van der Waals surface area contributed by atoms with Gasteiger partial charge >= 0.3 is 0 Å². The van der Waals surface area contributed by atoms with Gasteiger partial charge in [0.05, 0.1) is 6.04 Å². The van der Waals surface area contributed by atoms with Crippen LogP contribution in [0.3, 0.4) is 0 Å². The highest BCUT2D eigenvalue weighted by Crippen LogP contribution is 2.33. The minimum Gasteiger partial charge on any atom is -0.349 e. The van der Waals surface area contributed by atoms with Gasteiger partial charge < -0.3 is 11.1 Å². The van der Waals surface area contributed by atoms with Crippen LogP contribution in [0.2, 0.25) is 0 Å². The van der Waals surface area contributed by atoms with Crippen LogP contribution in [0.25, 0.3) is 0 Å². The van der Waals surface area contributed by atoms with Crippen molar-refractivity contribution in [1.29, 1.82) is 0 Å². The van der Waals surface area contributed by atoms with Crippen molar-refractivity contribution in [1.82, 2.24) is 5.32 Å². The summed E-state index contributed by atoms with van der Waals surface area (Å²) in [5, 5.41) is 3.23. The highest BCUT2D eigenvalue weighted by Gasteiger charge is 2.30. The summed E-state index contributed by atoms with van der Waals surface area (Å²) >= 11 is 0. The number of amides is 1. The average Bonchev–Trinajstić information content (AvgIpc) is 2.81. The molecule has 0 aliphatic heterocycles. The molecule has 0 aromatic heterocycles. The van der Waals surface area contributed by atoms with Gasteiger partial charge in [-0.3, -0.25) is 4.79 Å². The first-order chi connectivity index (χ1) is 9.88. The molecule has 1 fully saturated rings. The van der Waals surface area contributed by atoms with Crippen molar-refractivity contribution in [3.8, 4) is 0 Å². The Balaban J connectivity index is 0.00000242. The van der Waals surface area contributed by atoms with E-state index in [4.69, 9.17) is 5.73 Å². The number of benzene rings is 1. The van der Waals surface area contributed by atoms with E-state index in [0.29, 0.717) is 12.3 Å². The summed E-state index contributed by atoms with van der Waals surface area (Å²) < 4.78 is 0. The average molecular weight is 325 g/mol. The number of hydrogen-bond donors (Lipinski definition) is 2. The van der Waals surface area contributed by atoms with Gasteiger partial charge in [0.1, 0.15) is 0 Å². The molecule has 22 heavy (non-hydrogen) atoms. The van der Waals surface area contributed by atoms with E-state index in [9.17, 15) is 4.79 Å². The second-order valence-corrected chi connectivity index (χ2v) is 7.34. The van der Waals surface area contributed by atoms with Crippen LogP contribution in [-0.2, 0) is 4.79 Å². The predicted molar refractivity (Wildman–Crippen MR) is 94.0 cm³/mol. The standard InChI is InChI=1S/C18H28N2O.ClH/c1-18(2,3)17(13-8-5-4-6-9-13)20-16(21)12-14-10-7-11-15(14)19;/h4-6,8-9,14-15,17H,7,10-12,19H2,1-3H3,(H,20,21);1H/t14-,15+,17?;/m0./s1. The first-order valence-electron chi connectivity index (χ1n) is 7.98. The Bertz CT molecular complexity index is 470. The van der Waals surface area contributed by atoms with Gasteiger partial charge in [0, 0.05) is 12.5 Å². The van der Waals surface area contributed by atoms with E-state index < -0.39 is 0 Å². The molecule has 3 atom stereocenters. The van der Waals surface area contributed by atoms with E-state index in [1.807, 2.05) is 18.2 Å². The molecule has 3 nitrogen and oxygen atoms in total. The summed E-state index contributed by atoms with van der Waals surface area (Å²) in [4.78, 5) is 12.4. The monoisotopic (exact) mass is 324 g/mol. The van der Waals surface area contributed by atoms with E-state index in [0.717, 1.165) is 24.8 Å². The lowest BCUT2D eigenvalue weighted by atomic mass is 9.82. The highest BCUT2D eigenvalue weighted by atomic mass is 35.5. The van der Waals surface area contributed by atoms with Crippen LogP contribution in [0.5, 0.6) is 0 Å². The molecule has 1 saturated carbocycles. The van der Waals surface area contributed by atoms with Gasteiger partial charge in [-0.1, -0.05) is 57.5 Å².